The fourth-order valence-electron chi connectivity index (χ4n) is 5.45. The van der Waals surface area contributed by atoms with Crippen LogP contribution in [0.3, 0.4) is 0 Å². The van der Waals surface area contributed by atoms with Crippen molar-refractivity contribution in [2.24, 2.45) is 11.8 Å². The standard InChI is InChI=1S/C23H36FN7O7S.CH4O3S/c1-15-25-21(20(24)22(26-15)30-7-6-29-8-9-38-13-18(29)12-30)27-28-23(33)17(10-16-4-2-3-5-16)11-31(34)19(32)14-39(35,36)37;1-5(2,3)4/h16-18,34H,2-14H2,1H3,(H,28,33)(H,25,26,27)(H,35,36,37);1H3,(H,2,3,4)/t17-,18+;/m1./s1. The Morgan fingerprint density at radius 3 is 2.43 bits per heavy atom. The van der Waals surface area contributed by atoms with Crippen LogP contribution in [0.15, 0.2) is 0 Å². The third-order valence-corrected chi connectivity index (χ3v) is 8.05. The SMILES string of the molecule is CS(=O)(=O)O.Cc1nc(NNC(=O)[C@H](CC2CCCC2)CN(O)C(=O)CS(=O)(=O)O)c(F)c(N2CCN3CCOC[C@@H]3C2)n1. The average molecular weight is 670 g/mol. The van der Waals surface area contributed by atoms with Crippen molar-refractivity contribution in [3.8, 4) is 0 Å². The number of hydroxylamine groups is 2. The normalized spacial score (nSPS) is 20.2. The minimum Gasteiger partial charge on any atom is -0.378 e. The highest BCUT2D eigenvalue weighted by atomic mass is 32.2. The molecule has 1 aliphatic carbocycles. The minimum atomic E-state index is -4.66. The highest BCUT2D eigenvalue weighted by molar-refractivity contribution is 7.86. The third-order valence-electron chi connectivity index (χ3n) is 7.44. The monoisotopic (exact) mass is 669 g/mol. The van der Waals surface area contributed by atoms with E-state index in [1.165, 1.54) is 0 Å². The second-order valence-electron chi connectivity index (χ2n) is 11.1. The van der Waals surface area contributed by atoms with Gasteiger partial charge in [0.2, 0.25) is 11.7 Å². The van der Waals surface area contributed by atoms with Crippen molar-refractivity contribution in [2.45, 2.75) is 45.1 Å². The molecule has 2 atom stereocenters. The van der Waals surface area contributed by atoms with E-state index in [9.17, 15) is 31.6 Å². The van der Waals surface area contributed by atoms with Crippen LogP contribution in [0.2, 0.25) is 0 Å². The number of carbonyl (C=O) groups excluding carboxylic acids is 2. The van der Waals surface area contributed by atoms with E-state index in [0.717, 1.165) is 38.8 Å². The number of ether oxygens (including phenoxy) is 1. The van der Waals surface area contributed by atoms with Gasteiger partial charge in [-0.2, -0.15) is 21.2 Å². The number of nitrogens with one attached hydrogen (secondary N) is 2. The van der Waals surface area contributed by atoms with Gasteiger partial charge in [-0.05, 0) is 19.3 Å². The molecule has 2 saturated heterocycles. The maximum absolute atomic E-state index is 15.5. The lowest BCUT2D eigenvalue weighted by molar-refractivity contribution is -0.166. The van der Waals surface area contributed by atoms with E-state index in [1.54, 1.807) is 6.92 Å². The number of fused-ring (bicyclic) bond motifs is 1. The molecule has 0 bridgehead atoms. The first-order chi connectivity index (χ1) is 20.5. The predicted molar refractivity (Wildman–Crippen MR) is 154 cm³/mol. The average Bonchev–Trinajstić information content (AvgIpc) is 3.44. The van der Waals surface area contributed by atoms with Gasteiger partial charge in [0.25, 0.3) is 26.1 Å². The number of nitrogens with zero attached hydrogens (tertiary/aromatic N) is 5. The fraction of sp³-hybridized carbons (Fsp3) is 0.750. The van der Waals surface area contributed by atoms with Gasteiger partial charge in [0.15, 0.2) is 17.4 Å². The molecule has 44 heavy (non-hydrogen) atoms. The van der Waals surface area contributed by atoms with E-state index in [1.807, 2.05) is 4.90 Å². The molecule has 3 fully saturated rings. The summed E-state index contributed by atoms with van der Waals surface area (Å²) in [6.07, 6.45) is 4.80. The molecule has 5 N–H and O–H groups in total. The zero-order valence-electron chi connectivity index (χ0n) is 24.6. The summed E-state index contributed by atoms with van der Waals surface area (Å²) in [6.45, 7) is 5.03. The van der Waals surface area contributed by atoms with Gasteiger partial charge >= 0.3 is 0 Å². The molecular weight excluding hydrogens is 629 g/mol. The minimum absolute atomic E-state index is 0.115. The number of rotatable bonds is 10. The van der Waals surface area contributed by atoms with E-state index < -0.39 is 56.1 Å². The van der Waals surface area contributed by atoms with Crippen molar-refractivity contribution in [3.05, 3.63) is 11.6 Å². The number of hydrogen-bond donors (Lipinski definition) is 5. The topological polar surface area (TPSA) is 232 Å². The van der Waals surface area contributed by atoms with Crippen molar-refractivity contribution in [3.63, 3.8) is 0 Å². The molecule has 0 aromatic carbocycles. The molecule has 1 saturated carbocycles. The second kappa shape index (κ2) is 15.5. The van der Waals surface area contributed by atoms with Crippen LogP contribution in [-0.4, -0.2) is 127 Å². The molecule has 4 rings (SSSR count). The van der Waals surface area contributed by atoms with Crippen LogP contribution >= 0.6 is 0 Å². The van der Waals surface area contributed by atoms with Gasteiger partial charge in [0.1, 0.15) is 5.82 Å². The number of aryl methyl sites for hydroxylation is 1. The summed E-state index contributed by atoms with van der Waals surface area (Å²) in [5, 5.41) is 10.2. The maximum atomic E-state index is 15.5. The smallest absolute Gasteiger partial charge is 0.274 e. The lowest BCUT2D eigenvalue weighted by Crippen LogP contribution is -2.58. The molecule has 20 heteroatoms. The van der Waals surface area contributed by atoms with Gasteiger partial charge in [-0.3, -0.25) is 39.7 Å². The molecule has 17 nitrogen and oxygen atoms in total. The van der Waals surface area contributed by atoms with Crippen LogP contribution < -0.4 is 15.8 Å². The number of hydrogen-bond acceptors (Lipinski definition) is 13. The predicted octanol–water partition coefficient (Wildman–Crippen LogP) is -0.306. The summed E-state index contributed by atoms with van der Waals surface area (Å²) in [6, 6.07) is 0.125. The van der Waals surface area contributed by atoms with E-state index in [4.69, 9.17) is 13.8 Å². The van der Waals surface area contributed by atoms with Crippen LogP contribution in [-0.2, 0) is 34.6 Å². The van der Waals surface area contributed by atoms with Crippen LogP contribution in [0, 0.1) is 24.6 Å². The molecular formula is C24H40FN7O10S2. The Labute approximate surface area is 255 Å². The van der Waals surface area contributed by atoms with Gasteiger partial charge in [-0.15, -0.1) is 0 Å². The number of amides is 2. The first kappa shape index (κ1) is 35.7. The second-order valence-corrected chi connectivity index (χ2v) is 14.0. The van der Waals surface area contributed by atoms with Crippen LogP contribution in [0.5, 0.6) is 0 Å². The van der Waals surface area contributed by atoms with Crippen LogP contribution in [0.1, 0.15) is 37.9 Å². The number of piperazine rings is 1. The number of hydrazine groups is 1. The molecule has 3 aliphatic rings. The number of carbonyl (C=O) groups is 2. The molecule has 3 heterocycles. The number of halogens is 1. The Hall–Kier alpha value is -2.75. The molecule has 2 aliphatic heterocycles. The highest BCUT2D eigenvalue weighted by Crippen LogP contribution is 2.31. The summed E-state index contributed by atoms with van der Waals surface area (Å²) in [7, 11) is -8.32. The Kier molecular flexibility index (Phi) is 12.6. The molecule has 1 aromatic rings. The van der Waals surface area contributed by atoms with Crippen molar-refractivity contribution in [1.29, 1.82) is 0 Å². The summed E-state index contributed by atoms with van der Waals surface area (Å²) < 4.78 is 77.9. The van der Waals surface area contributed by atoms with E-state index >= 15 is 4.39 Å². The zero-order valence-corrected chi connectivity index (χ0v) is 26.2. The van der Waals surface area contributed by atoms with Gasteiger partial charge < -0.3 is 9.64 Å². The van der Waals surface area contributed by atoms with E-state index in [2.05, 4.69) is 25.7 Å². The van der Waals surface area contributed by atoms with Gasteiger partial charge in [-0.25, -0.2) is 15.0 Å². The Morgan fingerprint density at radius 1 is 1.14 bits per heavy atom. The Morgan fingerprint density at radius 2 is 1.80 bits per heavy atom. The van der Waals surface area contributed by atoms with Gasteiger partial charge in [0, 0.05) is 26.2 Å². The van der Waals surface area contributed by atoms with Crippen molar-refractivity contribution >= 4 is 43.7 Å². The first-order valence-electron chi connectivity index (χ1n) is 14.0. The Balaban J connectivity index is 0.000000978. The zero-order chi connectivity index (χ0) is 32.7. The molecule has 0 unspecified atom stereocenters. The summed E-state index contributed by atoms with van der Waals surface area (Å²) in [4.78, 5) is 37.6. The van der Waals surface area contributed by atoms with Gasteiger partial charge in [-0.1, -0.05) is 25.7 Å². The van der Waals surface area contributed by atoms with Crippen LogP contribution in [0.4, 0.5) is 16.0 Å². The van der Waals surface area contributed by atoms with Crippen molar-refractivity contribution < 1.29 is 49.9 Å². The fourth-order valence-corrected chi connectivity index (χ4v) is 5.91. The summed E-state index contributed by atoms with van der Waals surface area (Å²) >= 11 is 0. The quantitative estimate of drug-likeness (QED) is 0.122. The summed E-state index contributed by atoms with van der Waals surface area (Å²) in [5.41, 5.74) is 4.95. The van der Waals surface area contributed by atoms with Crippen molar-refractivity contribution in [1.82, 2.24) is 25.4 Å². The van der Waals surface area contributed by atoms with Crippen molar-refractivity contribution in [2.75, 3.05) is 68.3 Å². The molecule has 250 valence electrons. The molecule has 0 spiro atoms. The number of aromatic nitrogens is 2. The number of anilines is 2. The molecule has 2 amide bonds. The highest BCUT2D eigenvalue weighted by Gasteiger charge is 2.33. The summed E-state index contributed by atoms with van der Waals surface area (Å²) in [5.74, 6) is -4.50. The third kappa shape index (κ3) is 11.6. The number of morpholine rings is 1. The molecule has 1 aromatic heterocycles. The van der Waals surface area contributed by atoms with Crippen LogP contribution in [0.25, 0.3) is 0 Å². The largest absolute Gasteiger partial charge is 0.378 e. The lowest BCUT2D eigenvalue weighted by atomic mass is 9.92. The van der Waals surface area contributed by atoms with E-state index in [0.29, 0.717) is 44.8 Å². The first-order valence-corrected chi connectivity index (χ1v) is 17.5. The maximum Gasteiger partial charge on any atom is 0.274 e. The van der Waals surface area contributed by atoms with E-state index in [-0.39, 0.29) is 28.7 Å². The Bertz CT molecular complexity index is 1370. The lowest BCUT2D eigenvalue weighted by Gasteiger charge is -2.44. The van der Waals surface area contributed by atoms with Gasteiger partial charge in [0.05, 0.1) is 38.0 Å². The molecule has 0 radical (unpaired) electrons.